The van der Waals surface area contributed by atoms with E-state index in [1.54, 1.807) is 129 Å². The Hall–Kier alpha value is -14.0. The highest BCUT2D eigenvalue weighted by Gasteiger charge is 2.34. The monoisotopic (exact) mass is 2180 g/mol. The highest BCUT2D eigenvalue weighted by Crippen LogP contribution is 2.35. The number of nitrogens with one attached hydrogen (secondary N) is 6. The molecular weight excluding hydrogens is 2090 g/mol. The van der Waals surface area contributed by atoms with Gasteiger partial charge in [-0.2, -0.15) is 33.5 Å². The van der Waals surface area contributed by atoms with Gasteiger partial charge in [-0.1, -0.05) is 129 Å². The maximum absolute atomic E-state index is 12.8. The van der Waals surface area contributed by atoms with Crippen molar-refractivity contribution in [3.05, 3.63) is 241 Å². The Morgan fingerprint density at radius 2 is 0.912 bits per heavy atom. The molecule has 0 bridgehead atoms. The summed E-state index contributed by atoms with van der Waals surface area (Å²) < 4.78 is 90.7. The minimum Gasteiger partial charge on any atom is -0.512 e. The number of rotatable bonds is 30. The average molecular weight is 2180 g/mol. The van der Waals surface area contributed by atoms with Crippen molar-refractivity contribution in [1.82, 2.24) is 98.6 Å². The van der Waals surface area contributed by atoms with Crippen LogP contribution in [0.2, 0.25) is 0 Å². The number of carbonyl (C=O) groups excluding carboxylic acids is 7. The van der Waals surface area contributed by atoms with E-state index < -0.39 is 37.3 Å². The van der Waals surface area contributed by atoms with Crippen molar-refractivity contribution < 1.29 is 68.7 Å². The Morgan fingerprint density at radius 1 is 0.463 bits per heavy atom. The molecule has 52 heteroatoms. The Morgan fingerprint density at radius 3 is 1.40 bits per heavy atom. The van der Waals surface area contributed by atoms with Crippen molar-refractivity contribution in [2.24, 2.45) is 36.0 Å². The molecule has 147 heavy (non-hydrogen) atoms. The van der Waals surface area contributed by atoms with Gasteiger partial charge in [0.05, 0.1) is 99.9 Å². The van der Waals surface area contributed by atoms with Crippen LogP contribution in [-0.2, 0) is 59.8 Å². The molecule has 15 heterocycles. The van der Waals surface area contributed by atoms with Crippen molar-refractivity contribution in [3.63, 3.8) is 0 Å². The highest BCUT2D eigenvalue weighted by molar-refractivity contribution is 8.15. The molecule has 0 aliphatic carbocycles. The largest absolute Gasteiger partial charge is 0.512 e. The molecule has 15 aromatic rings. The lowest BCUT2D eigenvalue weighted by Gasteiger charge is -2.18. The van der Waals surface area contributed by atoms with E-state index in [1.807, 2.05) is 95.4 Å². The summed E-state index contributed by atoms with van der Waals surface area (Å²) >= 11 is 10.8. The molecule has 12 aromatic heterocycles. The van der Waals surface area contributed by atoms with Gasteiger partial charge in [0.1, 0.15) is 67.0 Å². The zero-order valence-corrected chi connectivity index (χ0v) is 88.5. The van der Waals surface area contributed by atoms with E-state index >= 15 is 0 Å². The summed E-state index contributed by atoms with van der Waals surface area (Å²) in [6.45, 7) is 22.0. The van der Waals surface area contributed by atoms with E-state index in [9.17, 15) is 63.6 Å². The van der Waals surface area contributed by atoms with Crippen LogP contribution < -0.4 is 5.32 Å². The van der Waals surface area contributed by atoms with Gasteiger partial charge in [-0.25, -0.2) is 59.7 Å². The molecule has 7 N–H and O–H groups in total. The third-order valence-electron chi connectivity index (χ3n) is 19.2. The van der Waals surface area contributed by atoms with Crippen LogP contribution in [0.5, 0.6) is 0 Å². The van der Waals surface area contributed by atoms with Crippen molar-refractivity contribution in [2.45, 2.75) is 132 Å². The molecule has 762 valence electrons. The molecule has 0 radical (unpaired) electrons. The van der Waals surface area contributed by atoms with Crippen LogP contribution in [-0.4, -0.2) is 234 Å². The van der Waals surface area contributed by atoms with Gasteiger partial charge in [-0.05, 0) is 159 Å². The minimum absolute atomic E-state index is 0.0162. The topological polar surface area (TPSA) is 551 Å². The van der Waals surface area contributed by atoms with Gasteiger partial charge >= 0.3 is 6.18 Å². The van der Waals surface area contributed by atoms with E-state index in [2.05, 4.69) is 133 Å². The van der Waals surface area contributed by atoms with E-state index in [0.717, 1.165) is 83.6 Å². The molecular formula is C95H94F3N27O12S10. The van der Waals surface area contributed by atoms with Crippen molar-refractivity contribution in [2.75, 3.05) is 45.6 Å². The van der Waals surface area contributed by atoms with Crippen molar-refractivity contribution in [3.8, 4) is 45.0 Å². The second kappa shape index (κ2) is 52.4. The lowest BCUT2D eigenvalue weighted by molar-refractivity contribution is -0.141. The number of hydrogen-bond donors (Lipinski definition) is 7. The van der Waals surface area contributed by atoms with Gasteiger partial charge in [0, 0.05) is 94.8 Å². The third kappa shape index (κ3) is 32.7. The number of pyridine rings is 4. The van der Waals surface area contributed by atoms with Crippen molar-refractivity contribution >= 4 is 214 Å². The smallest absolute Gasteiger partial charge is 0.433 e. The number of carbonyl (C=O) groups is 7. The van der Waals surface area contributed by atoms with Crippen LogP contribution in [0, 0.1) is 19.3 Å². The Labute approximate surface area is 874 Å². The Balaban J connectivity index is 0.000000153. The fourth-order valence-electron chi connectivity index (χ4n) is 12.4. The maximum Gasteiger partial charge on any atom is 0.433 e. The average Bonchev–Trinajstić information content (AvgIpc) is 1.65. The van der Waals surface area contributed by atoms with E-state index in [1.165, 1.54) is 125 Å². The van der Waals surface area contributed by atoms with E-state index in [4.69, 9.17) is 5.11 Å². The number of fused-ring (bicyclic) bond motifs is 2. The molecule has 3 aliphatic rings. The van der Waals surface area contributed by atoms with Crippen LogP contribution in [0.3, 0.4) is 0 Å². The number of nitrogens with zero attached hydrogens (tertiary/aromatic N) is 21. The van der Waals surface area contributed by atoms with Crippen LogP contribution in [0.1, 0.15) is 115 Å². The number of thioether (sulfide) groups is 7. The number of Topliss-reactive ketones (excluding diaryl/α,β-unsaturated/α-hetero) is 6. The number of aliphatic hydroxyl groups is 1. The fourth-order valence-corrected chi connectivity index (χ4v) is 20.5. The number of thiazole rings is 1. The van der Waals surface area contributed by atoms with Gasteiger partial charge in [0.25, 0.3) is 20.0 Å². The lowest BCUT2D eigenvalue weighted by atomic mass is 9.95. The summed E-state index contributed by atoms with van der Waals surface area (Å²) in [6, 6.07) is 44.7. The number of aryl methyl sites for hydroxylation is 2. The fraction of sp³-hybridized carbons (Fsp3) is 0.242. The van der Waals surface area contributed by atoms with Crippen molar-refractivity contribution in [1.29, 1.82) is 0 Å². The summed E-state index contributed by atoms with van der Waals surface area (Å²) in [4.78, 5) is 120. The number of hydrogen-bond acceptors (Lipinski definition) is 39. The van der Waals surface area contributed by atoms with Crippen LogP contribution in [0.4, 0.5) is 19.0 Å². The molecule has 3 aliphatic heterocycles. The summed E-state index contributed by atoms with van der Waals surface area (Å²) in [6.07, 6.45) is 6.23. The predicted octanol–water partition coefficient (Wildman–Crippen LogP) is 18.0. The first-order valence-corrected chi connectivity index (χ1v) is 54.5. The number of aliphatic hydroxyl groups excluding tert-OH is 1. The Kier molecular flexibility index (Phi) is 39.8. The van der Waals surface area contributed by atoms with Crippen LogP contribution in [0.15, 0.2) is 268 Å². The zero-order chi connectivity index (χ0) is 106. The molecule has 0 fully saturated rings. The third-order valence-corrected chi connectivity index (χ3v) is 30.9. The van der Waals surface area contributed by atoms with Crippen LogP contribution >= 0.6 is 93.7 Å². The molecule has 39 nitrogen and oxygen atoms in total. The molecule has 0 saturated heterocycles. The molecule has 0 atom stereocenters. The number of amides is 1. The second-order valence-electron chi connectivity index (χ2n) is 32.5. The van der Waals surface area contributed by atoms with Gasteiger partial charge in [-0.15, -0.1) is 82.3 Å². The number of alkyl halides is 3. The van der Waals surface area contributed by atoms with Gasteiger partial charge in [0.2, 0.25) is 26.5 Å². The molecule has 1 amide bonds. The maximum atomic E-state index is 12.8. The number of benzene rings is 3. The summed E-state index contributed by atoms with van der Waals surface area (Å²) in [5.74, 6) is 5.68. The standard InChI is InChI=1S/C16H20N4O2S.2C16H15N3O3S2.C13H11N5OS.C13H12N4OS.C11H9F3N4OS.C10H12N4OS2/c1-10(21)9-23-13-8-12(19-20-13)11-6-5-7-17-14(11)18-15(22)16(2,3)4;2*1-12(20)11-23-16-10-14(17-18-16)15-8-5-9-19(15)24(21,22)13-6-3-2-4-7-13;1-8(19)7-20-13-16-12(17-18-13)10-5-4-9-3-2-6-14-11(9)15-10;1-8(18)7-19-13-15-12(16-17-13)10-6-14-11-5-3-2-4-9(10)11;1-6(19)5-20-10-16-9(17-18-10)7-2-3-8(15-4-7)11(12,13)14;1-5(15)4-16-10-12-9(13-14-10)8-6(2)11-7(3)17-8/h5-7H,8-9H2,1-4H3,(H,17,18,22);2*2-9H,10-11H2,1H3;2-6H,7H2,1H3,(H,16,17,18);2-6,14,18H,1,7H2,(H,15,16,17);2-4H,5H2,1H3,(H,16,17,18);4H2,1-3H3,(H,12,13,14). The highest BCUT2D eigenvalue weighted by atomic mass is 32.2. The minimum atomic E-state index is -4.47. The normalized spacial score (nSPS) is 12.6. The first-order chi connectivity index (χ1) is 70.1. The first kappa shape index (κ1) is 112. The van der Waals surface area contributed by atoms with Crippen LogP contribution in [0.25, 0.3) is 66.9 Å². The summed E-state index contributed by atoms with van der Waals surface area (Å²) in [5.41, 5.74) is 6.88. The summed E-state index contributed by atoms with van der Waals surface area (Å²) in [7, 11) is -7.37. The number of H-pyrrole nitrogens is 5. The molecule has 0 spiro atoms. The van der Waals surface area contributed by atoms with Gasteiger partial charge in [0.15, 0.2) is 28.9 Å². The lowest BCUT2D eigenvalue weighted by Crippen LogP contribution is -2.29. The quantitative estimate of drug-likeness (QED) is 0.0162. The predicted molar refractivity (Wildman–Crippen MR) is 571 cm³/mol. The number of para-hydroxylation sites is 1. The van der Waals surface area contributed by atoms with E-state index in [0.29, 0.717) is 147 Å². The number of ketones is 6. The first-order valence-electron chi connectivity index (χ1n) is 43.9. The van der Waals surface area contributed by atoms with Gasteiger partial charge < -0.3 is 15.4 Å². The number of aromatic amines is 5. The number of halogens is 3. The molecule has 3 aromatic carbocycles. The van der Waals surface area contributed by atoms with E-state index in [-0.39, 0.29) is 61.9 Å². The second-order valence-corrected chi connectivity index (χ2v) is 44.3. The number of anilines is 1. The van der Waals surface area contributed by atoms with Gasteiger partial charge in [-0.3, -0.25) is 58.9 Å². The molecule has 0 unspecified atom stereocenters. The molecule has 0 saturated carbocycles. The number of aromatic nitrogens is 20. The zero-order valence-electron chi connectivity index (χ0n) is 80.3. The SMILES string of the molecule is C=C(O)CSc1n[nH]c(-c2c[nH]c3ccccc23)n1.CC(=O)CSC1=NN=C(c2cccn2S(=O)(=O)c2ccccc2)C1.CC(=O)CSC1=NN=C(c2cccn2S(=O)(=O)c2ccccc2)C1.CC(=O)CSC1=NN=C(c2cccnc2NC(=O)C(C)(C)C)C1.CC(=O)CSc1n[nH]c(-c2ccc(C(F)(F)F)nc2)n1.CC(=O)CSc1n[nH]c(-c2ccc3cccnc3n2)n1.CC(=O)CSc1n[nH]c(-c2sc(C)nc2C)n1. The molecule has 18 rings (SSSR count). The Bertz CT molecular complexity index is 7560. The summed E-state index contributed by atoms with van der Waals surface area (Å²) in [5, 5.41) is 71.2.